The van der Waals surface area contributed by atoms with Crippen LogP contribution in [-0.2, 0) is 19.0 Å². The summed E-state index contributed by atoms with van der Waals surface area (Å²) in [5, 5.41) is 40.8. The molecule has 228 valence electrons. The minimum Gasteiger partial charge on any atom is -0.433 e. The van der Waals surface area contributed by atoms with E-state index >= 15 is 0 Å². The van der Waals surface area contributed by atoms with E-state index < -0.39 is 54.7 Å². The molecular weight excluding hydrogens is 533 g/mol. The summed E-state index contributed by atoms with van der Waals surface area (Å²) in [6.07, 6.45) is -7.57. The number of hydrogen-bond donors (Lipinski definition) is 4. The number of fused-ring (bicyclic) bond motifs is 6. The van der Waals surface area contributed by atoms with Gasteiger partial charge in [0.1, 0.15) is 18.3 Å². The molecule has 6 fully saturated rings. The van der Waals surface area contributed by atoms with Gasteiger partial charge < -0.3 is 34.6 Å². The second-order valence-corrected chi connectivity index (χ2v) is 14.3. The van der Waals surface area contributed by atoms with Crippen molar-refractivity contribution in [3.05, 3.63) is 0 Å². The molecule has 4 N–H and O–H groups in total. The molecule has 4 aliphatic carbocycles. The van der Waals surface area contributed by atoms with Gasteiger partial charge in [0.15, 0.2) is 18.0 Å². The first kappa shape index (κ1) is 29.1. The first-order valence-electron chi connectivity index (χ1n) is 15.0. The fourth-order valence-corrected chi connectivity index (χ4v) is 10.4. The van der Waals surface area contributed by atoms with Gasteiger partial charge in [-0.1, -0.05) is 20.8 Å². The zero-order chi connectivity index (χ0) is 29.0. The zero-order valence-corrected chi connectivity index (χ0v) is 23.3. The minimum atomic E-state index is -4.60. The topological polar surface area (TPSA) is 126 Å². The van der Waals surface area contributed by atoms with Crippen LogP contribution in [0, 0.1) is 46.3 Å². The Balaban J connectivity index is 1.17. The minimum absolute atomic E-state index is 0.0604. The molecule has 0 radical (unpaired) electrons. The van der Waals surface area contributed by atoms with Crippen molar-refractivity contribution >= 4 is 5.97 Å². The van der Waals surface area contributed by atoms with Gasteiger partial charge in [0.25, 0.3) is 0 Å². The van der Waals surface area contributed by atoms with Crippen molar-refractivity contribution in [3.8, 4) is 0 Å². The van der Waals surface area contributed by atoms with Gasteiger partial charge in [-0.25, -0.2) is 4.79 Å². The molecule has 0 aromatic rings. The summed E-state index contributed by atoms with van der Waals surface area (Å²) in [6.45, 7) is 6.45. The Kier molecular flexibility index (Phi) is 6.92. The Morgan fingerprint density at radius 3 is 2.30 bits per heavy atom. The number of carbonyl (C=O) groups excluding carboxylic acids is 1. The summed E-state index contributed by atoms with van der Waals surface area (Å²) >= 11 is 0. The molecule has 0 spiro atoms. The molecule has 2 saturated heterocycles. The van der Waals surface area contributed by atoms with Crippen molar-refractivity contribution < 1.29 is 52.6 Å². The van der Waals surface area contributed by atoms with Crippen LogP contribution in [0.1, 0.15) is 78.6 Å². The van der Waals surface area contributed by atoms with E-state index in [1.54, 1.807) is 0 Å². The van der Waals surface area contributed by atoms with Crippen molar-refractivity contribution in [1.29, 1.82) is 0 Å². The Morgan fingerprint density at radius 2 is 1.60 bits per heavy atom. The van der Waals surface area contributed by atoms with Crippen molar-refractivity contribution in [2.24, 2.45) is 46.3 Å². The van der Waals surface area contributed by atoms with Crippen LogP contribution < -0.4 is 0 Å². The van der Waals surface area contributed by atoms with E-state index in [4.69, 9.17) is 14.2 Å². The smallest absolute Gasteiger partial charge is 0.417 e. The SMILES string of the molecule is C[C@H]([C@@H]1OC(=O)[C@@H]2O[C@@H](O)[C@H](O)[C@@H](O)[C@@H]2O1)[C@H]1CC[C@H]2[C@@H]3CC[C@@H]4C[C@@](O)(C(F)(F)F)CC[C@]4(C)[C@H]3CC[C@]12C. The number of esters is 1. The second kappa shape index (κ2) is 9.51. The quantitative estimate of drug-likeness (QED) is 0.369. The average molecular weight is 577 g/mol. The number of hydrogen-bond acceptors (Lipinski definition) is 8. The summed E-state index contributed by atoms with van der Waals surface area (Å²) < 4.78 is 57.8. The molecular formula is C29H43F3O8. The van der Waals surface area contributed by atoms with E-state index in [9.17, 15) is 38.4 Å². The molecule has 6 aliphatic rings. The molecule has 15 atom stereocenters. The van der Waals surface area contributed by atoms with Crippen LogP contribution in [0.4, 0.5) is 13.2 Å². The number of aliphatic hydroxyl groups is 4. The Bertz CT molecular complexity index is 1010. The van der Waals surface area contributed by atoms with Crippen molar-refractivity contribution in [3.63, 3.8) is 0 Å². The maximum Gasteiger partial charge on any atom is 0.417 e. The van der Waals surface area contributed by atoms with E-state index in [0.717, 1.165) is 32.1 Å². The molecule has 11 heteroatoms. The molecule has 6 rings (SSSR count). The van der Waals surface area contributed by atoms with Gasteiger partial charge in [0.2, 0.25) is 6.29 Å². The summed E-state index contributed by atoms with van der Waals surface area (Å²) in [4.78, 5) is 12.8. The molecule has 8 nitrogen and oxygen atoms in total. The number of carbonyl (C=O) groups is 1. The number of cyclic esters (lactones) is 1. The number of rotatable bonds is 2. The molecule has 0 bridgehead atoms. The molecule has 2 aliphatic heterocycles. The van der Waals surface area contributed by atoms with Gasteiger partial charge in [-0.05, 0) is 98.2 Å². The first-order valence-corrected chi connectivity index (χ1v) is 15.0. The summed E-state index contributed by atoms with van der Waals surface area (Å²) in [5.74, 6) is 0.210. The summed E-state index contributed by atoms with van der Waals surface area (Å²) in [6, 6.07) is 0. The van der Waals surface area contributed by atoms with E-state index in [0.29, 0.717) is 30.6 Å². The summed E-state index contributed by atoms with van der Waals surface area (Å²) in [5.41, 5.74) is -2.86. The van der Waals surface area contributed by atoms with Gasteiger partial charge in [-0.2, -0.15) is 13.2 Å². The highest BCUT2D eigenvalue weighted by Crippen LogP contribution is 2.69. The van der Waals surface area contributed by atoms with Crippen molar-refractivity contribution in [1.82, 2.24) is 0 Å². The number of ether oxygens (including phenoxy) is 3. The Morgan fingerprint density at radius 1 is 0.900 bits per heavy atom. The lowest BCUT2D eigenvalue weighted by molar-refractivity contribution is -0.340. The fourth-order valence-electron chi connectivity index (χ4n) is 10.4. The third-order valence-corrected chi connectivity index (χ3v) is 12.7. The third kappa shape index (κ3) is 4.12. The van der Waals surface area contributed by atoms with E-state index in [-0.39, 0.29) is 41.4 Å². The molecule has 0 aromatic heterocycles. The van der Waals surface area contributed by atoms with Crippen LogP contribution in [0.3, 0.4) is 0 Å². The Labute approximate surface area is 232 Å². The lowest BCUT2D eigenvalue weighted by Gasteiger charge is -2.62. The maximum absolute atomic E-state index is 13.7. The maximum atomic E-state index is 13.7. The number of halogens is 3. The molecule has 0 amide bonds. The van der Waals surface area contributed by atoms with Gasteiger partial charge >= 0.3 is 12.1 Å². The van der Waals surface area contributed by atoms with Crippen LogP contribution >= 0.6 is 0 Å². The molecule has 0 aromatic carbocycles. The van der Waals surface area contributed by atoms with Crippen LogP contribution in [0.2, 0.25) is 0 Å². The molecule has 0 unspecified atom stereocenters. The molecule has 40 heavy (non-hydrogen) atoms. The monoisotopic (exact) mass is 576 g/mol. The predicted octanol–water partition coefficient (Wildman–Crippen LogP) is 3.28. The lowest BCUT2D eigenvalue weighted by Crippen LogP contribution is -2.65. The third-order valence-electron chi connectivity index (χ3n) is 12.7. The van der Waals surface area contributed by atoms with Crippen LogP contribution in [0.5, 0.6) is 0 Å². The van der Waals surface area contributed by atoms with Gasteiger partial charge in [0, 0.05) is 5.92 Å². The lowest BCUT2D eigenvalue weighted by atomic mass is 9.43. The van der Waals surface area contributed by atoms with E-state index in [2.05, 4.69) is 13.8 Å². The Hall–Kier alpha value is -0.980. The van der Waals surface area contributed by atoms with Crippen LogP contribution in [0.25, 0.3) is 0 Å². The molecule has 2 heterocycles. The first-order chi connectivity index (χ1) is 18.6. The van der Waals surface area contributed by atoms with Gasteiger partial charge in [0.05, 0.1) is 0 Å². The standard InChI is InChI=1S/C29H43F3O8/c1-13(25-39-21-19(33)20(34)23(35)38-22(21)24(36)40-25)16-6-7-17-15-5-4-14-12-28(37,29(30,31)32)11-10-26(14,2)18(15)8-9-27(16,17)3/h13-23,25,33-35,37H,4-12H2,1-3H3/t13-,14+,15-,16+,17-,18-,19+,20+,21-,22+,23+,25-,26-,27+,28+/m0/s1. The van der Waals surface area contributed by atoms with Crippen molar-refractivity contribution in [2.45, 2.75) is 127 Å². The zero-order valence-electron chi connectivity index (χ0n) is 23.3. The second-order valence-electron chi connectivity index (χ2n) is 14.3. The van der Waals surface area contributed by atoms with Crippen LogP contribution in [0.15, 0.2) is 0 Å². The van der Waals surface area contributed by atoms with E-state index in [1.165, 1.54) is 0 Å². The van der Waals surface area contributed by atoms with Crippen LogP contribution in [-0.4, -0.2) is 75.2 Å². The predicted molar refractivity (Wildman–Crippen MR) is 133 cm³/mol. The van der Waals surface area contributed by atoms with E-state index in [1.807, 2.05) is 6.92 Å². The van der Waals surface area contributed by atoms with Gasteiger partial charge in [-0.3, -0.25) is 0 Å². The van der Waals surface area contributed by atoms with Gasteiger partial charge in [-0.15, -0.1) is 0 Å². The largest absolute Gasteiger partial charge is 0.433 e. The highest BCUT2D eigenvalue weighted by Gasteiger charge is 2.66. The highest BCUT2D eigenvalue weighted by atomic mass is 19.4. The molecule has 4 saturated carbocycles. The normalized spacial score (nSPS) is 55.4. The number of aliphatic hydroxyl groups excluding tert-OH is 3. The fraction of sp³-hybridized carbons (Fsp3) is 0.966. The highest BCUT2D eigenvalue weighted by molar-refractivity contribution is 5.76. The summed E-state index contributed by atoms with van der Waals surface area (Å²) in [7, 11) is 0. The number of alkyl halides is 3. The average Bonchev–Trinajstić information content (AvgIpc) is 3.24. The van der Waals surface area contributed by atoms with Crippen molar-refractivity contribution in [2.75, 3.05) is 0 Å².